The van der Waals surface area contributed by atoms with Crippen molar-refractivity contribution in [3.63, 3.8) is 0 Å². The highest BCUT2D eigenvalue weighted by Crippen LogP contribution is 2.41. The first-order chi connectivity index (χ1) is 8.10. The molecule has 0 aromatic heterocycles. The van der Waals surface area contributed by atoms with Gasteiger partial charge in [-0.25, -0.2) is 4.39 Å². The lowest BCUT2D eigenvalue weighted by atomic mass is 9.89. The second kappa shape index (κ2) is 4.53. The fourth-order valence-electron chi connectivity index (χ4n) is 2.47. The van der Waals surface area contributed by atoms with Gasteiger partial charge in [0.1, 0.15) is 5.82 Å². The summed E-state index contributed by atoms with van der Waals surface area (Å²) in [6, 6.07) is 2.88. The van der Waals surface area contributed by atoms with Gasteiger partial charge in [-0.1, -0.05) is 0 Å². The average Bonchev–Trinajstić information content (AvgIpc) is 2.76. The molecular weight excluding hydrogens is 221 g/mol. The third kappa shape index (κ3) is 2.09. The minimum atomic E-state index is -0.299. The lowest BCUT2D eigenvalue weighted by Crippen LogP contribution is -2.33. The van der Waals surface area contributed by atoms with Crippen molar-refractivity contribution in [3.05, 3.63) is 23.5 Å². The van der Waals surface area contributed by atoms with E-state index in [-0.39, 0.29) is 11.4 Å². The van der Waals surface area contributed by atoms with Crippen molar-refractivity contribution >= 4 is 0 Å². The van der Waals surface area contributed by atoms with Crippen molar-refractivity contribution in [2.45, 2.75) is 25.3 Å². The molecule has 1 N–H and O–H groups in total. The molecule has 0 radical (unpaired) electrons. The molecule has 1 aliphatic heterocycles. The Balaban J connectivity index is 2.55. The summed E-state index contributed by atoms with van der Waals surface area (Å²) in [6.07, 6.45) is 2.05. The zero-order valence-electron chi connectivity index (χ0n) is 10.5. The first-order valence-corrected chi connectivity index (χ1v) is 5.78. The number of ether oxygens (including phenoxy) is 2. The van der Waals surface area contributed by atoms with Crippen LogP contribution in [0.2, 0.25) is 0 Å². The van der Waals surface area contributed by atoms with Crippen LogP contribution in [0.1, 0.15) is 25.3 Å². The molecule has 1 aromatic carbocycles. The Morgan fingerprint density at radius 3 is 2.59 bits per heavy atom. The molecule has 1 heterocycles. The molecule has 1 atom stereocenters. The lowest BCUT2D eigenvalue weighted by molar-refractivity contribution is 0.330. The quantitative estimate of drug-likeness (QED) is 0.878. The second-order valence-corrected chi connectivity index (χ2v) is 4.55. The van der Waals surface area contributed by atoms with Gasteiger partial charge < -0.3 is 14.8 Å². The van der Waals surface area contributed by atoms with Gasteiger partial charge in [-0.05, 0) is 32.4 Å². The number of nitrogens with one attached hydrogen (secondary N) is 1. The smallest absolute Gasteiger partial charge is 0.165 e. The lowest BCUT2D eigenvalue weighted by Gasteiger charge is -2.27. The van der Waals surface area contributed by atoms with Crippen LogP contribution in [0.4, 0.5) is 4.39 Å². The van der Waals surface area contributed by atoms with Crippen molar-refractivity contribution < 1.29 is 13.9 Å². The molecule has 94 valence electrons. The summed E-state index contributed by atoms with van der Waals surface area (Å²) in [6.45, 7) is 3.01. The molecular formula is C13H18FNO2. The Labute approximate surface area is 101 Å². The Morgan fingerprint density at radius 2 is 2.06 bits per heavy atom. The van der Waals surface area contributed by atoms with Gasteiger partial charge in [-0.2, -0.15) is 0 Å². The first kappa shape index (κ1) is 12.2. The molecule has 0 amide bonds. The fraction of sp³-hybridized carbons (Fsp3) is 0.538. The van der Waals surface area contributed by atoms with E-state index in [9.17, 15) is 4.39 Å². The Bertz CT molecular complexity index is 414. The van der Waals surface area contributed by atoms with E-state index in [4.69, 9.17) is 9.47 Å². The highest BCUT2D eigenvalue weighted by Gasteiger charge is 2.34. The number of hydrogen-bond donors (Lipinski definition) is 1. The Hall–Kier alpha value is -1.29. The van der Waals surface area contributed by atoms with Gasteiger partial charge in [0.05, 0.1) is 14.2 Å². The van der Waals surface area contributed by atoms with Crippen LogP contribution in [0, 0.1) is 5.82 Å². The van der Waals surface area contributed by atoms with E-state index >= 15 is 0 Å². The maximum absolute atomic E-state index is 13.6. The van der Waals surface area contributed by atoms with Gasteiger partial charge >= 0.3 is 0 Å². The number of hydrogen-bond acceptors (Lipinski definition) is 3. The number of halogens is 1. The number of rotatable bonds is 3. The molecule has 0 spiro atoms. The molecule has 1 aromatic rings. The largest absolute Gasteiger partial charge is 0.493 e. The van der Waals surface area contributed by atoms with Crippen LogP contribution < -0.4 is 14.8 Å². The molecule has 1 fully saturated rings. The normalized spacial score (nSPS) is 23.8. The highest BCUT2D eigenvalue weighted by molar-refractivity contribution is 5.50. The summed E-state index contributed by atoms with van der Waals surface area (Å²) in [4.78, 5) is 0. The molecule has 3 nitrogen and oxygen atoms in total. The number of methoxy groups -OCH3 is 2. The van der Waals surface area contributed by atoms with Crippen molar-refractivity contribution in [2.24, 2.45) is 0 Å². The van der Waals surface area contributed by atoms with E-state index in [0.717, 1.165) is 24.9 Å². The van der Waals surface area contributed by atoms with Gasteiger partial charge in [0.15, 0.2) is 11.5 Å². The van der Waals surface area contributed by atoms with E-state index in [1.54, 1.807) is 7.11 Å². The van der Waals surface area contributed by atoms with E-state index in [0.29, 0.717) is 11.5 Å². The molecule has 17 heavy (non-hydrogen) atoms. The summed E-state index contributed by atoms with van der Waals surface area (Å²) in [5.41, 5.74) is 0.593. The third-order valence-electron chi connectivity index (χ3n) is 3.41. The minimum Gasteiger partial charge on any atom is -0.493 e. The summed E-state index contributed by atoms with van der Waals surface area (Å²) >= 11 is 0. The van der Waals surface area contributed by atoms with Gasteiger partial charge in [0.25, 0.3) is 0 Å². The average molecular weight is 239 g/mol. The zero-order chi connectivity index (χ0) is 12.5. The van der Waals surface area contributed by atoms with Gasteiger partial charge in [-0.3, -0.25) is 0 Å². The predicted octanol–water partition coefficient (Wildman–Crippen LogP) is 2.44. The minimum absolute atomic E-state index is 0.235. The molecule has 0 aliphatic carbocycles. The molecule has 4 heteroatoms. The van der Waals surface area contributed by atoms with Crippen LogP contribution in [0.5, 0.6) is 11.5 Å². The van der Waals surface area contributed by atoms with Crippen molar-refractivity contribution in [1.82, 2.24) is 5.32 Å². The highest BCUT2D eigenvalue weighted by atomic mass is 19.1. The summed E-state index contributed by atoms with van der Waals surface area (Å²) in [5.74, 6) is 0.760. The van der Waals surface area contributed by atoms with Gasteiger partial charge in [0, 0.05) is 17.2 Å². The Morgan fingerprint density at radius 1 is 1.29 bits per heavy atom. The van der Waals surface area contributed by atoms with E-state index < -0.39 is 0 Å². The van der Waals surface area contributed by atoms with Crippen LogP contribution in [0.15, 0.2) is 12.1 Å². The first-order valence-electron chi connectivity index (χ1n) is 5.78. The second-order valence-electron chi connectivity index (χ2n) is 4.55. The molecule has 0 bridgehead atoms. The fourth-order valence-corrected chi connectivity index (χ4v) is 2.47. The molecule has 0 saturated carbocycles. The summed E-state index contributed by atoms with van der Waals surface area (Å²) < 4.78 is 24.1. The number of benzene rings is 1. The van der Waals surface area contributed by atoms with Crippen molar-refractivity contribution in [2.75, 3.05) is 20.8 Å². The SMILES string of the molecule is COc1cc(F)cc(C2(C)CCCN2)c1OC. The van der Waals surface area contributed by atoms with Crippen molar-refractivity contribution in [1.29, 1.82) is 0 Å². The van der Waals surface area contributed by atoms with Crippen molar-refractivity contribution in [3.8, 4) is 11.5 Å². The maximum Gasteiger partial charge on any atom is 0.165 e. The summed E-state index contributed by atoms with van der Waals surface area (Å²) in [7, 11) is 3.10. The maximum atomic E-state index is 13.6. The molecule has 2 rings (SSSR count). The third-order valence-corrected chi connectivity index (χ3v) is 3.41. The van der Waals surface area contributed by atoms with Crippen LogP contribution in [-0.4, -0.2) is 20.8 Å². The van der Waals surface area contributed by atoms with E-state index in [1.807, 2.05) is 0 Å². The zero-order valence-corrected chi connectivity index (χ0v) is 10.5. The molecule has 1 saturated heterocycles. The monoisotopic (exact) mass is 239 g/mol. The van der Waals surface area contributed by atoms with Crippen LogP contribution in [0.3, 0.4) is 0 Å². The predicted molar refractivity (Wildman–Crippen MR) is 64.1 cm³/mol. The molecule has 1 aliphatic rings. The molecule has 1 unspecified atom stereocenters. The summed E-state index contributed by atoms with van der Waals surface area (Å²) in [5, 5.41) is 3.40. The van der Waals surface area contributed by atoms with Gasteiger partial charge in [0.2, 0.25) is 0 Å². The van der Waals surface area contributed by atoms with Gasteiger partial charge in [-0.15, -0.1) is 0 Å². The van der Waals surface area contributed by atoms with Crippen LogP contribution in [-0.2, 0) is 5.54 Å². The topological polar surface area (TPSA) is 30.5 Å². The standard InChI is InChI=1S/C13H18FNO2/c1-13(5-4-6-15-13)10-7-9(14)8-11(16-2)12(10)17-3/h7-8,15H,4-6H2,1-3H3. The van der Waals surface area contributed by atoms with Crippen LogP contribution >= 0.6 is 0 Å². The van der Waals surface area contributed by atoms with Crippen LogP contribution in [0.25, 0.3) is 0 Å². The Kier molecular flexibility index (Phi) is 3.24. The van der Waals surface area contributed by atoms with E-state index in [1.165, 1.54) is 19.2 Å². The van der Waals surface area contributed by atoms with E-state index in [2.05, 4.69) is 12.2 Å².